The van der Waals surface area contributed by atoms with Crippen LogP contribution in [0.2, 0.25) is 5.02 Å². The van der Waals surface area contributed by atoms with E-state index in [4.69, 9.17) is 25.8 Å². The van der Waals surface area contributed by atoms with Crippen LogP contribution in [0.1, 0.15) is 18.1 Å². The van der Waals surface area contributed by atoms with Gasteiger partial charge in [0, 0.05) is 28.6 Å². The number of ether oxygens (including phenoxy) is 3. The van der Waals surface area contributed by atoms with Gasteiger partial charge in [-0.3, -0.25) is 4.99 Å². The lowest BCUT2D eigenvalue weighted by atomic mass is 10.2. The van der Waals surface area contributed by atoms with E-state index >= 15 is 0 Å². The Labute approximate surface area is 213 Å². The number of rotatable bonds is 8. The van der Waals surface area contributed by atoms with Crippen molar-refractivity contribution in [1.82, 2.24) is 0 Å². The zero-order valence-corrected chi connectivity index (χ0v) is 21.4. The van der Waals surface area contributed by atoms with Crippen LogP contribution in [0.4, 0.5) is 11.4 Å². The van der Waals surface area contributed by atoms with Gasteiger partial charge in [-0.1, -0.05) is 23.7 Å². The first-order valence-corrected chi connectivity index (χ1v) is 12.4. The summed E-state index contributed by atoms with van der Waals surface area (Å²) in [5.74, 6) is 1.16. The van der Waals surface area contributed by atoms with E-state index in [0.717, 1.165) is 43.1 Å². The van der Waals surface area contributed by atoms with Crippen molar-refractivity contribution in [3.63, 3.8) is 0 Å². The molecule has 1 saturated heterocycles. The lowest BCUT2D eigenvalue weighted by Gasteiger charge is -2.28. The van der Waals surface area contributed by atoms with E-state index in [1.807, 2.05) is 43.3 Å². The number of morpholine rings is 1. The van der Waals surface area contributed by atoms with Crippen LogP contribution < -0.4 is 14.4 Å². The average Bonchev–Trinajstić information content (AvgIpc) is 2.84. The van der Waals surface area contributed by atoms with E-state index in [9.17, 15) is 0 Å². The van der Waals surface area contributed by atoms with Crippen LogP contribution in [-0.4, -0.2) is 39.1 Å². The molecule has 0 atom stereocenters. The molecular formula is C26H26ClIN2O3. The van der Waals surface area contributed by atoms with Crippen molar-refractivity contribution in [2.45, 2.75) is 13.5 Å². The number of anilines is 1. The zero-order chi connectivity index (χ0) is 23.0. The molecule has 1 fully saturated rings. The fourth-order valence-corrected chi connectivity index (χ4v) is 4.16. The maximum atomic E-state index is 6.57. The topological polar surface area (TPSA) is 43.3 Å². The molecule has 0 aromatic heterocycles. The van der Waals surface area contributed by atoms with Crippen LogP contribution in [0, 0.1) is 3.57 Å². The van der Waals surface area contributed by atoms with Gasteiger partial charge in [0.2, 0.25) is 0 Å². The second-order valence-electron chi connectivity index (χ2n) is 7.55. The van der Waals surface area contributed by atoms with Crippen molar-refractivity contribution in [2.24, 2.45) is 4.99 Å². The Hall–Kier alpha value is -2.29. The lowest BCUT2D eigenvalue weighted by Crippen LogP contribution is -2.36. The third kappa shape index (κ3) is 6.62. The predicted octanol–water partition coefficient (Wildman–Crippen LogP) is 6.51. The van der Waals surface area contributed by atoms with E-state index < -0.39 is 0 Å². The smallest absolute Gasteiger partial charge is 0.180 e. The Balaban J connectivity index is 1.47. The highest BCUT2D eigenvalue weighted by molar-refractivity contribution is 14.1. The van der Waals surface area contributed by atoms with E-state index in [1.54, 1.807) is 6.21 Å². The zero-order valence-electron chi connectivity index (χ0n) is 18.5. The first-order chi connectivity index (χ1) is 16.1. The van der Waals surface area contributed by atoms with Crippen LogP contribution in [0.3, 0.4) is 0 Å². The van der Waals surface area contributed by atoms with Gasteiger partial charge in [0.25, 0.3) is 0 Å². The molecule has 1 heterocycles. The molecule has 4 rings (SSSR count). The lowest BCUT2D eigenvalue weighted by molar-refractivity contribution is 0.122. The fourth-order valence-electron chi connectivity index (χ4n) is 3.52. The van der Waals surface area contributed by atoms with E-state index in [-0.39, 0.29) is 0 Å². The van der Waals surface area contributed by atoms with Gasteiger partial charge in [-0.2, -0.15) is 0 Å². The minimum atomic E-state index is 0.416. The molecule has 5 nitrogen and oxygen atoms in total. The third-order valence-corrected chi connectivity index (χ3v) is 6.22. The summed E-state index contributed by atoms with van der Waals surface area (Å²) in [5.41, 5.74) is 3.98. The number of halogens is 2. The summed E-state index contributed by atoms with van der Waals surface area (Å²) in [5, 5.41) is 0.496. The molecule has 1 aliphatic rings. The molecule has 7 heteroatoms. The first-order valence-electron chi connectivity index (χ1n) is 10.9. The highest BCUT2D eigenvalue weighted by Crippen LogP contribution is 2.37. The number of hydrogen-bond donors (Lipinski definition) is 0. The van der Waals surface area contributed by atoms with Crippen LogP contribution in [0.15, 0.2) is 65.7 Å². The predicted molar refractivity (Wildman–Crippen MR) is 143 cm³/mol. The van der Waals surface area contributed by atoms with Gasteiger partial charge in [-0.25, -0.2) is 0 Å². The van der Waals surface area contributed by atoms with Gasteiger partial charge in [-0.15, -0.1) is 0 Å². The number of benzene rings is 3. The highest BCUT2D eigenvalue weighted by Gasteiger charge is 2.13. The monoisotopic (exact) mass is 576 g/mol. The average molecular weight is 577 g/mol. The number of aliphatic imine (C=N–C) groups is 1. The summed E-state index contributed by atoms with van der Waals surface area (Å²) >= 11 is 8.85. The molecule has 172 valence electrons. The molecule has 3 aromatic rings. The number of hydrogen-bond acceptors (Lipinski definition) is 5. The van der Waals surface area contributed by atoms with Crippen LogP contribution in [0.25, 0.3) is 0 Å². The van der Waals surface area contributed by atoms with Crippen molar-refractivity contribution < 1.29 is 14.2 Å². The summed E-state index contributed by atoms with van der Waals surface area (Å²) in [6, 6.07) is 20.2. The number of nitrogens with zero attached hydrogens (tertiary/aromatic N) is 2. The van der Waals surface area contributed by atoms with E-state index in [2.05, 4.69) is 56.7 Å². The van der Waals surface area contributed by atoms with Crippen LogP contribution >= 0.6 is 34.2 Å². The fraction of sp³-hybridized carbons (Fsp3) is 0.269. The second kappa shape index (κ2) is 11.7. The largest absolute Gasteiger partial charge is 0.490 e. The summed E-state index contributed by atoms with van der Waals surface area (Å²) in [4.78, 5) is 6.93. The molecule has 0 unspecified atom stereocenters. The summed E-state index contributed by atoms with van der Waals surface area (Å²) in [6.07, 6.45) is 1.79. The summed E-state index contributed by atoms with van der Waals surface area (Å²) in [7, 11) is 0. The highest BCUT2D eigenvalue weighted by atomic mass is 127. The Morgan fingerprint density at radius 3 is 2.45 bits per heavy atom. The molecule has 3 aromatic carbocycles. The molecule has 33 heavy (non-hydrogen) atoms. The van der Waals surface area contributed by atoms with Crippen molar-refractivity contribution in [2.75, 3.05) is 37.8 Å². The maximum absolute atomic E-state index is 6.57. The van der Waals surface area contributed by atoms with Crippen molar-refractivity contribution in [3.05, 3.63) is 80.4 Å². The van der Waals surface area contributed by atoms with Gasteiger partial charge < -0.3 is 19.1 Å². The molecule has 0 aliphatic carbocycles. The molecule has 0 saturated carbocycles. The summed E-state index contributed by atoms with van der Waals surface area (Å²) < 4.78 is 18.4. The minimum absolute atomic E-state index is 0.416. The Bertz CT molecular complexity index is 1080. The van der Waals surface area contributed by atoms with Crippen molar-refractivity contribution in [3.8, 4) is 11.5 Å². The molecule has 0 bridgehead atoms. The molecule has 0 amide bonds. The molecule has 1 aliphatic heterocycles. The van der Waals surface area contributed by atoms with E-state index in [1.165, 1.54) is 9.26 Å². The normalized spacial score (nSPS) is 14.0. The Morgan fingerprint density at radius 2 is 1.76 bits per heavy atom. The van der Waals surface area contributed by atoms with Crippen LogP contribution in [-0.2, 0) is 11.3 Å². The van der Waals surface area contributed by atoms with E-state index in [0.29, 0.717) is 29.7 Å². The van der Waals surface area contributed by atoms with Gasteiger partial charge in [0.05, 0.1) is 30.5 Å². The van der Waals surface area contributed by atoms with Gasteiger partial charge >= 0.3 is 0 Å². The van der Waals surface area contributed by atoms with Gasteiger partial charge in [0.1, 0.15) is 6.61 Å². The standard InChI is InChI=1S/C26H26ClIN2O3/c1-2-32-25-16-20(15-24(27)26(25)33-18-19-3-5-21(28)6-4-19)17-29-22-7-9-23(10-8-22)30-11-13-31-14-12-30/h3-10,15-17H,2,11-14,18H2,1H3. The maximum Gasteiger partial charge on any atom is 0.180 e. The second-order valence-corrected chi connectivity index (χ2v) is 9.20. The Kier molecular flexibility index (Phi) is 8.47. The van der Waals surface area contributed by atoms with Gasteiger partial charge in [-0.05, 0) is 89.2 Å². The first kappa shape index (κ1) is 23.9. The third-order valence-electron chi connectivity index (χ3n) is 5.22. The Morgan fingerprint density at radius 1 is 1.03 bits per heavy atom. The molecular weight excluding hydrogens is 551 g/mol. The molecule has 0 N–H and O–H groups in total. The summed E-state index contributed by atoms with van der Waals surface area (Å²) in [6.45, 7) is 6.24. The molecule has 0 spiro atoms. The molecule has 0 radical (unpaired) electrons. The quantitative estimate of drug-likeness (QED) is 0.227. The van der Waals surface area contributed by atoms with Crippen molar-refractivity contribution in [1.29, 1.82) is 0 Å². The van der Waals surface area contributed by atoms with Crippen molar-refractivity contribution >= 4 is 51.8 Å². The minimum Gasteiger partial charge on any atom is -0.490 e. The SMILES string of the molecule is CCOc1cc(C=Nc2ccc(N3CCOCC3)cc2)cc(Cl)c1OCc1ccc(I)cc1. The van der Waals surface area contributed by atoms with Gasteiger partial charge in [0.15, 0.2) is 11.5 Å². The van der Waals surface area contributed by atoms with Crippen LogP contribution in [0.5, 0.6) is 11.5 Å².